The van der Waals surface area contributed by atoms with Crippen LogP contribution in [0.25, 0.3) is 55.0 Å². The van der Waals surface area contributed by atoms with Gasteiger partial charge in [0.2, 0.25) is 0 Å². The first kappa shape index (κ1) is 27.1. The summed E-state index contributed by atoms with van der Waals surface area (Å²) in [6.45, 7) is 0. The third-order valence-corrected chi connectivity index (χ3v) is 8.97. The van der Waals surface area contributed by atoms with Crippen molar-refractivity contribution < 1.29 is 4.42 Å². The standard InChI is InChI=1S/C43H29N3O/c1-4-13-28(14-5-1)31-23-24-36-39(27-31)47-38-22-12-21-37(40(36)38)43-45-41(30-17-8-3-9-18-30)44-42(46-43)35-26-25-32(29-15-6-2-7-16-29)33-19-10-11-20-34(33)35/h1-27,41H,(H,44,45,46). The van der Waals surface area contributed by atoms with E-state index >= 15 is 0 Å². The first-order valence-corrected chi connectivity index (χ1v) is 15.9. The Morgan fingerprint density at radius 2 is 1.13 bits per heavy atom. The Bertz CT molecular complexity index is 2480. The number of aliphatic imine (C=N–C) groups is 2. The number of nitrogens with zero attached hydrogens (tertiary/aromatic N) is 2. The summed E-state index contributed by atoms with van der Waals surface area (Å²) in [5, 5.41) is 8.05. The van der Waals surface area contributed by atoms with Crippen molar-refractivity contribution in [2.45, 2.75) is 6.17 Å². The third kappa shape index (κ3) is 4.79. The molecule has 0 saturated carbocycles. The summed E-state index contributed by atoms with van der Waals surface area (Å²) in [7, 11) is 0. The summed E-state index contributed by atoms with van der Waals surface area (Å²) < 4.78 is 6.47. The predicted octanol–water partition coefficient (Wildman–Crippen LogP) is 10.6. The fourth-order valence-corrected chi connectivity index (χ4v) is 6.71. The van der Waals surface area contributed by atoms with Crippen LogP contribution >= 0.6 is 0 Å². The van der Waals surface area contributed by atoms with Crippen molar-refractivity contribution in [2.24, 2.45) is 9.98 Å². The molecule has 0 aliphatic carbocycles. The third-order valence-electron chi connectivity index (χ3n) is 8.97. The lowest BCUT2D eigenvalue weighted by atomic mass is 9.94. The maximum atomic E-state index is 6.47. The zero-order valence-electron chi connectivity index (χ0n) is 25.5. The van der Waals surface area contributed by atoms with E-state index in [1.165, 1.54) is 16.5 Å². The van der Waals surface area contributed by atoms with Crippen molar-refractivity contribution in [1.82, 2.24) is 5.32 Å². The van der Waals surface area contributed by atoms with Crippen LogP contribution in [0.5, 0.6) is 0 Å². The van der Waals surface area contributed by atoms with E-state index in [1.807, 2.05) is 24.3 Å². The minimum Gasteiger partial charge on any atom is -0.456 e. The van der Waals surface area contributed by atoms with Gasteiger partial charge in [0.1, 0.15) is 23.2 Å². The van der Waals surface area contributed by atoms with Crippen LogP contribution in [0.4, 0.5) is 0 Å². The lowest BCUT2D eigenvalue weighted by molar-refractivity contribution is 0.668. The molecule has 4 heteroatoms. The molecule has 1 aliphatic heterocycles. The Morgan fingerprint density at radius 1 is 0.468 bits per heavy atom. The molecule has 4 nitrogen and oxygen atoms in total. The van der Waals surface area contributed by atoms with Gasteiger partial charge >= 0.3 is 0 Å². The maximum absolute atomic E-state index is 6.47. The van der Waals surface area contributed by atoms with E-state index in [0.717, 1.165) is 61.0 Å². The zero-order valence-corrected chi connectivity index (χ0v) is 25.5. The summed E-state index contributed by atoms with van der Waals surface area (Å²) >= 11 is 0. The van der Waals surface area contributed by atoms with Gasteiger partial charge in [-0.2, -0.15) is 0 Å². The monoisotopic (exact) mass is 603 g/mol. The molecule has 7 aromatic carbocycles. The van der Waals surface area contributed by atoms with Gasteiger partial charge in [0.05, 0.1) is 0 Å². The Labute approximate surface area is 272 Å². The summed E-state index contributed by atoms with van der Waals surface area (Å²) in [5.41, 5.74) is 9.37. The topological polar surface area (TPSA) is 49.9 Å². The Hall–Kier alpha value is -6.26. The summed E-state index contributed by atoms with van der Waals surface area (Å²) in [6.07, 6.45) is -0.315. The number of nitrogens with one attached hydrogen (secondary N) is 1. The van der Waals surface area contributed by atoms with Gasteiger partial charge in [-0.25, -0.2) is 9.98 Å². The second-order valence-corrected chi connectivity index (χ2v) is 11.8. The highest BCUT2D eigenvalue weighted by atomic mass is 16.3. The lowest BCUT2D eigenvalue weighted by Gasteiger charge is -2.24. The number of furan rings is 1. The van der Waals surface area contributed by atoms with Crippen molar-refractivity contribution in [1.29, 1.82) is 0 Å². The predicted molar refractivity (Wildman–Crippen MR) is 194 cm³/mol. The highest BCUT2D eigenvalue weighted by Gasteiger charge is 2.25. The smallest absolute Gasteiger partial charge is 0.160 e. The second-order valence-electron chi connectivity index (χ2n) is 11.8. The molecule has 222 valence electrons. The maximum Gasteiger partial charge on any atom is 0.160 e. The highest BCUT2D eigenvalue weighted by Crippen LogP contribution is 2.36. The van der Waals surface area contributed by atoms with E-state index in [0.29, 0.717) is 5.84 Å². The molecule has 1 N–H and O–H groups in total. The fourth-order valence-electron chi connectivity index (χ4n) is 6.71. The molecule has 1 unspecified atom stereocenters. The van der Waals surface area contributed by atoms with Crippen molar-refractivity contribution in [3.8, 4) is 22.3 Å². The molecule has 47 heavy (non-hydrogen) atoms. The quantitative estimate of drug-likeness (QED) is 0.213. The van der Waals surface area contributed by atoms with Crippen molar-refractivity contribution in [3.63, 3.8) is 0 Å². The van der Waals surface area contributed by atoms with Gasteiger partial charge in [0, 0.05) is 21.9 Å². The Morgan fingerprint density at radius 3 is 1.89 bits per heavy atom. The normalized spacial score (nSPS) is 14.6. The van der Waals surface area contributed by atoms with Crippen molar-refractivity contribution in [3.05, 3.63) is 180 Å². The Kier molecular flexibility index (Phi) is 6.50. The van der Waals surface area contributed by atoms with Gasteiger partial charge in [0.25, 0.3) is 0 Å². The number of hydrogen-bond acceptors (Lipinski definition) is 4. The largest absolute Gasteiger partial charge is 0.456 e. The molecule has 0 saturated heterocycles. The minimum absolute atomic E-state index is 0.315. The molecule has 8 aromatic rings. The van der Waals surface area contributed by atoms with Gasteiger partial charge in [0.15, 0.2) is 5.84 Å². The first-order valence-electron chi connectivity index (χ1n) is 15.9. The van der Waals surface area contributed by atoms with Crippen LogP contribution in [0.1, 0.15) is 22.9 Å². The van der Waals surface area contributed by atoms with Crippen LogP contribution < -0.4 is 5.32 Å². The van der Waals surface area contributed by atoms with Crippen LogP contribution in [-0.2, 0) is 0 Å². The second kappa shape index (κ2) is 11.3. The molecule has 1 aliphatic rings. The SMILES string of the molecule is c1ccc(-c2ccc3c(c2)oc2cccc(C4=NC(c5ccc(-c6ccccc6)c6ccccc56)=NC(c5ccccc5)N4)c23)cc1. The summed E-state index contributed by atoms with van der Waals surface area (Å²) in [4.78, 5) is 10.5. The molecule has 0 bridgehead atoms. The molecule has 2 heterocycles. The molecule has 1 aromatic heterocycles. The van der Waals surface area contributed by atoms with Crippen LogP contribution in [-0.4, -0.2) is 11.7 Å². The van der Waals surface area contributed by atoms with E-state index in [-0.39, 0.29) is 6.17 Å². The molecule has 0 fully saturated rings. The van der Waals surface area contributed by atoms with Gasteiger partial charge in [-0.1, -0.05) is 140 Å². The molecule has 0 spiro atoms. The van der Waals surface area contributed by atoms with Gasteiger partial charge in [-0.05, 0) is 62.9 Å². The highest BCUT2D eigenvalue weighted by molar-refractivity contribution is 6.24. The van der Waals surface area contributed by atoms with Crippen LogP contribution in [0, 0.1) is 0 Å². The average Bonchev–Trinajstić information content (AvgIpc) is 3.53. The van der Waals surface area contributed by atoms with Crippen molar-refractivity contribution >= 4 is 44.4 Å². The molecular weight excluding hydrogens is 574 g/mol. The van der Waals surface area contributed by atoms with E-state index in [1.54, 1.807) is 0 Å². The van der Waals surface area contributed by atoms with Gasteiger partial charge in [-0.3, -0.25) is 0 Å². The molecule has 0 radical (unpaired) electrons. The molecule has 1 atom stereocenters. The van der Waals surface area contributed by atoms with Crippen molar-refractivity contribution in [2.75, 3.05) is 0 Å². The number of amidine groups is 2. The molecule has 9 rings (SSSR count). The van der Waals surface area contributed by atoms with E-state index < -0.39 is 0 Å². The number of rotatable bonds is 5. The first-order chi connectivity index (χ1) is 23.3. The van der Waals surface area contributed by atoms with Gasteiger partial charge < -0.3 is 9.73 Å². The average molecular weight is 604 g/mol. The van der Waals surface area contributed by atoms with E-state index in [9.17, 15) is 0 Å². The molecular formula is C43H29N3O. The molecule has 0 amide bonds. The number of benzene rings is 7. The summed E-state index contributed by atoms with van der Waals surface area (Å²) in [6, 6.07) is 56.8. The van der Waals surface area contributed by atoms with Gasteiger partial charge in [-0.15, -0.1) is 0 Å². The van der Waals surface area contributed by atoms with Crippen LogP contribution in [0.15, 0.2) is 178 Å². The lowest BCUT2D eigenvalue weighted by Crippen LogP contribution is -2.33. The Balaban J connectivity index is 1.23. The fraction of sp³-hybridized carbons (Fsp3) is 0.0233. The minimum atomic E-state index is -0.315. The summed E-state index contributed by atoms with van der Waals surface area (Å²) in [5.74, 6) is 1.46. The number of fused-ring (bicyclic) bond motifs is 4. The van der Waals surface area contributed by atoms with E-state index in [2.05, 4.69) is 145 Å². The number of hydrogen-bond donors (Lipinski definition) is 1. The van der Waals surface area contributed by atoms with E-state index in [4.69, 9.17) is 14.4 Å². The van der Waals surface area contributed by atoms with Crippen LogP contribution in [0.3, 0.4) is 0 Å². The zero-order chi connectivity index (χ0) is 31.2. The van der Waals surface area contributed by atoms with Crippen LogP contribution in [0.2, 0.25) is 0 Å².